The number of hydrogen-bond acceptors (Lipinski definition) is 14. The van der Waals surface area contributed by atoms with Gasteiger partial charge in [0.2, 0.25) is 0 Å². The monoisotopic (exact) mass is 888 g/mol. The minimum atomic E-state index is -5.13. The van der Waals surface area contributed by atoms with Gasteiger partial charge in [-0.3, -0.25) is 13.7 Å². The standard InChI is InChI=1S/C32H22N4O13S3.2Cu/c37-26-10-3-18-11-20(50(41,42)43)4-6-22(18)30(26)35-33-24-8-1-16(13-27(24)38)17-2-9-25(28(39)14-17)34-36-31-23-7-5-21(51(44,45)46)12-19(23)15-29(32(31)40)52(47,48)49;;/h1-15,37-40H,(H,41,42,43)(H,44,45,46)(H,47,48,49);;/q;2*+2/p-4. The van der Waals surface area contributed by atoms with Crippen molar-refractivity contribution in [3.05, 3.63) is 91.0 Å². The molecule has 17 nitrogen and oxygen atoms in total. The summed E-state index contributed by atoms with van der Waals surface area (Å²) in [6, 6.07) is 17.0. The predicted molar refractivity (Wildman–Crippen MR) is 175 cm³/mol. The van der Waals surface area contributed by atoms with Crippen molar-refractivity contribution in [1.29, 1.82) is 0 Å². The molecule has 0 amide bonds. The van der Waals surface area contributed by atoms with Crippen molar-refractivity contribution < 1.29 is 93.5 Å². The molecular weight excluding hydrogens is 872 g/mol. The van der Waals surface area contributed by atoms with E-state index >= 15 is 0 Å². The summed E-state index contributed by atoms with van der Waals surface area (Å²) in [6.45, 7) is 0. The van der Waals surface area contributed by atoms with Gasteiger partial charge in [-0.05, 0) is 64.4 Å². The normalized spacial score (nSPS) is 12.3. The van der Waals surface area contributed by atoms with E-state index in [4.69, 9.17) is 0 Å². The zero-order chi connectivity index (χ0) is 37.7. The second kappa shape index (κ2) is 15.4. The van der Waals surface area contributed by atoms with Crippen LogP contribution in [0.4, 0.5) is 22.7 Å². The molecular formula is C32H18Cu2N4O13S3. The van der Waals surface area contributed by atoms with E-state index in [1.165, 1.54) is 36.4 Å². The Morgan fingerprint density at radius 3 is 1.37 bits per heavy atom. The molecule has 6 aromatic rings. The van der Waals surface area contributed by atoms with Gasteiger partial charge in [0.25, 0.3) is 30.4 Å². The van der Waals surface area contributed by atoms with Crippen LogP contribution in [0.3, 0.4) is 0 Å². The Morgan fingerprint density at radius 1 is 0.444 bits per heavy atom. The number of benzene rings is 6. The van der Waals surface area contributed by atoms with Crippen LogP contribution < -0.4 is 20.4 Å². The van der Waals surface area contributed by atoms with Gasteiger partial charge in [-0.15, -0.1) is 0 Å². The van der Waals surface area contributed by atoms with E-state index in [1.807, 2.05) is 0 Å². The number of nitrogens with zero attached hydrogens (tertiary/aromatic N) is 4. The number of fused-ring (bicyclic) bond motifs is 2. The second-order valence-electron chi connectivity index (χ2n) is 10.9. The summed E-state index contributed by atoms with van der Waals surface area (Å²) in [5, 5.41) is 66.7. The molecule has 0 unspecified atom stereocenters. The largest absolute Gasteiger partial charge is 2.00 e. The second-order valence-corrected chi connectivity index (χ2v) is 15.2. The molecule has 54 heavy (non-hydrogen) atoms. The van der Waals surface area contributed by atoms with Gasteiger partial charge in [0, 0.05) is 10.8 Å². The van der Waals surface area contributed by atoms with Crippen LogP contribution in [-0.4, -0.2) is 38.9 Å². The molecule has 2 radical (unpaired) electrons. The van der Waals surface area contributed by atoms with Crippen LogP contribution in [0.25, 0.3) is 32.7 Å². The van der Waals surface area contributed by atoms with Gasteiger partial charge in [0.15, 0.2) is 0 Å². The van der Waals surface area contributed by atoms with E-state index in [1.54, 1.807) is 0 Å². The van der Waals surface area contributed by atoms with Crippen LogP contribution in [0.5, 0.6) is 23.0 Å². The van der Waals surface area contributed by atoms with Gasteiger partial charge in [-0.25, -0.2) is 0 Å². The molecule has 0 saturated carbocycles. The van der Waals surface area contributed by atoms with E-state index in [2.05, 4.69) is 20.5 Å². The summed E-state index contributed by atoms with van der Waals surface area (Å²) < 4.78 is 98.1. The smallest absolute Gasteiger partial charge is 0.871 e. The van der Waals surface area contributed by atoms with Crippen LogP contribution in [0.2, 0.25) is 0 Å². The average Bonchev–Trinajstić information content (AvgIpc) is 3.06. The van der Waals surface area contributed by atoms with Gasteiger partial charge in [-0.2, -0.15) is 45.7 Å². The van der Waals surface area contributed by atoms with Gasteiger partial charge in [0.1, 0.15) is 0 Å². The minimum Gasteiger partial charge on any atom is -0.871 e. The summed E-state index contributed by atoms with van der Waals surface area (Å²) in [4.78, 5) is -2.19. The summed E-state index contributed by atoms with van der Waals surface area (Å²) in [6.07, 6.45) is 0. The fourth-order valence-electron chi connectivity index (χ4n) is 5.07. The van der Waals surface area contributed by atoms with Gasteiger partial charge >= 0.3 is 34.1 Å². The summed E-state index contributed by atoms with van der Waals surface area (Å²) in [5.74, 6) is -3.27. The van der Waals surface area contributed by atoms with Crippen molar-refractivity contribution in [3.8, 4) is 34.1 Å². The first-order chi connectivity index (χ1) is 24.3. The molecule has 0 saturated heterocycles. The molecule has 3 N–H and O–H groups in total. The Kier molecular flexibility index (Phi) is 11.9. The predicted octanol–water partition coefficient (Wildman–Crippen LogP) is 4.52. The molecule has 6 aromatic carbocycles. The first kappa shape index (κ1) is 41.8. The summed E-state index contributed by atoms with van der Waals surface area (Å²) in [7, 11) is -14.4. The Morgan fingerprint density at radius 2 is 0.907 bits per heavy atom. The van der Waals surface area contributed by atoms with Crippen molar-refractivity contribution in [2.75, 3.05) is 0 Å². The SMILES string of the molecule is O=S(=O)(O)c1ccc2c(N=Nc3ccc(-c4ccc(N=Nc5c([O-])c(S(=O)(=O)O)cc6cc(S(=O)(=O)O)ccc56)c([O-])c4)cc3[O-])c([O-])ccc2c1.[Cu+2].[Cu+2]. The minimum absolute atomic E-state index is 0. The Bertz CT molecular complexity index is 2890. The molecule has 0 aliphatic carbocycles. The van der Waals surface area contributed by atoms with Crippen molar-refractivity contribution in [1.82, 2.24) is 0 Å². The molecule has 284 valence electrons. The van der Waals surface area contributed by atoms with E-state index in [-0.39, 0.29) is 83.9 Å². The first-order valence-corrected chi connectivity index (χ1v) is 18.5. The third kappa shape index (κ3) is 8.53. The fraction of sp³-hybridized carbons (Fsp3) is 0. The number of hydrogen-bond donors (Lipinski definition) is 3. The Labute approximate surface area is 326 Å². The quantitative estimate of drug-likeness (QED) is 0.108. The van der Waals surface area contributed by atoms with Crippen molar-refractivity contribution in [2.24, 2.45) is 20.5 Å². The molecule has 0 aromatic heterocycles. The molecule has 0 heterocycles. The number of azo groups is 2. The molecule has 0 atom stereocenters. The maximum atomic E-state index is 12.9. The third-order valence-electron chi connectivity index (χ3n) is 7.57. The van der Waals surface area contributed by atoms with Gasteiger partial charge in [0.05, 0.1) is 37.4 Å². The number of rotatable bonds is 8. The van der Waals surface area contributed by atoms with E-state index in [0.717, 1.165) is 48.5 Å². The molecule has 0 fully saturated rings. The first-order valence-electron chi connectivity index (χ1n) is 14.2. The Balaban J connectivity index is 0.00000325. The molecule has 22 heteroatoms. The van der Waals surface area contributed by atoms with E-state index in [9.17, 15) is 59.3 Å². The topological polar surface area (TPSA) is 305 Å². The van der Waals surface area contributed by atoms with Crippen LogP contribution in [-0.2, 0) is 64.5 Å². The average molecular weight is 890 g/mol. The summed E-state index contributed by atoms with van der Waals surface area (Å²) in [5.41, 5.74) is -0.849. The Hall–Kier alpha value is -4.99. The van der Waals surface area contributed by atoms with E-state index in [0.29, 0.717) is 6.07 Å². The van der Waals surface area contributed by atoms with Crippen LogP contribution in [0, 0.1) is 0 Å². The fourth-order valence-corrected chi connectivity index (χ4v) is 6.71. The van der Waals surface area contributed by atoms with Gasteiger partial charge < -0.3 is 20.4 Å². The zero-order valence-electron chi connectivity index (χ0n) is 26.2. The third-order valence-corrected chi connectivity index (χ3v) is 10.1. The molecule has 0 spiro atoms. The maximum absolute atomic E-state index is 12.9. The van der Waals surface area contributed by atoms with Crippen LogP contribution >= 0.6 is 0 Å². The molecule has 0 bridgehead atoms. The molecule has 6 rings (SSSR count). The molecule has 0 aliphatic rings. The van der Waals surface area contributed by atoms with Crippen molar-refractivity contribution >= 4 is 74.6 Å². The van der Waals surface area contributed by atoms with Crippen LogP contribution in [0.1, 0.15) is 0 Å². The van der Waals surface area contributed by atoms with E-state index < -0.39 is 73.7 Å². The van der Waals surface area contributed by atoms with Crippen LogP contribution in [0.15, 0.2) is 126 Å². The maximum Gasteiger partial charge on any atom is 2.00 e. The summed E-state index contributed by atoms with van der Waals surface area (Å²) >= 11 is 0. The molecule has 0 aliphatic heterocycles. The zero-order valence-corrected chi connectivity index (χ0v) is 30.5. The van der Waals surface area contributed by atoms with Crippen molar-refractivity contribution in [3.63, 3.8) is 0 Å². The van der Waals surface area contributed by atoms with Gasteiger partial charge in [-0.1, -0.05) is 71.5 Å². The van der Waals surface area contributed by atoms with Crippen molar-refractivity contribution in [2.45, 2.75) is 14.7 Å².